The van der Waals surface area contributed by atoms with Gasteiger partial charge in [-0.3, -0.25) is 0 Å². The summed E-state index contributed by atoms with van der Waals surface area (Å²) in [5.74, 6) is -0.154. The molecule has 1 unspecified atom stereocenters. The van der Waals surface area contributed by atoms with E-state index in [9.17, 15) is 35.7 Å². The van der Waals surface area contributed by atoms with Crippen molar-refractivity contribution in [3.05, 3.63) is 11.6 Å². The van der Waals surface area contributed by atoms with E-state index in [4.69, 9.17) is 9.47 Å². The fraction of sp³-hybridized carbons (Fsp3) is 0.944. The summed E-state index contributed by atoms with van der Waals surface area (Å²) < 4.78 is 12.6. The second kappa shape index (κ2) is 12.1. The van der Waals surface area contributed by atoms with Gasteiger partial charge in [0.05, 0.1) is 30.5 Å². The van der Waals surface area contributed by atoms with Gasteiger partial charge in [0.15, 0.2) is 6.29 Å². The maximum atomic E-state index is 12.2. The fourth-order valence-electron chi connectivity index (χ4n) is 12.0. The molecule has 45 heavy (non-hydrogen) atoms. The highest BCUT2D eigenvalue weighted by Crippen LogP contribution is 2.76. The minimum absolute atomic E-state index is 0.0692. The summed E-state index contributed by atoms with van der Waals surface area (Å²) in [5.41, 5.74) is -0.944. The molecule has 0 aromatic carbocycles. The molecular weight excluding hydrogens is 576 g/mol. The molecule has 9 heteroatoms. The number of rotatable bonds is 7. The number of aliphatic hydroxyl groups excluding tert-OH is 7. The van der Waals surface area contributed by atoms with Crippen LogP contribution in [-0.4, -0.2) is 97.0 Å². The molecule has 1 heterocycles. The van der Waals surface area contributed by atoms with Gasteiger partial charge < -0.3 is 45.2 Å². The van der Waals surface area contributed by atoms with Crippen molar-refractivity contribution < 1.29 is 45.2 Å². The third-order valence-electron chi connectivity index (χ3n) is 14.5. The Morgan fingerprint density at radius 2 is 1.56 bits per heavy atom. The summed E-state index contributed by atoms with van der Waals surface area (Å²) >= 11 is 0. The Bertz CT molecular complexity index is 1110. The summed E-state index contributed by atoms with van der Waals surface area (Å²) in [6.07, 6.45) is -0.678. The Balaban J connectivity index is 1.51. The predicted molar refractivity (Wildman–Crippen MR) is 170 cm³/mol. The second-order valence-corrected chi connectivity index (χ2v) is 17.4. The standard InChI is InChI=1S/C36H62O9/c1-19(2)10-9-13-36(8,45-31-29(43)28(42)27(41)23(18-37)44-31)20-11-15-34(6)26(20)21(38)16-24-33(5)14-12-25(40)32(3,4)30(33)22(39)17-35(24,34)7/h10,20-31,37-43H,9,11-18H2,1-8H3/t20-,21+,22-,23+,24+,25-,26?,27+,28-,29+,30-,31-,33+,34+,35+,36-/m0/s1. The molecular formula is C36H62O9. The van der Waals surface area contributed by atoms with Gasteiger partial charge in [0.25, 0.3) is 0 Å². The van der Waals surface area contributed by atoms with E-state index in [1.165, 1.54) is 5.57 Å². The normalized spacial score (nSPS) is 52.2. The zero-order valence-corrected chi connectivity index (χ0v) is 28.8. The van der Waals surface area contributed by atoms with Gasteiger partial charge in [0, 0.05) is 0 Å². The molecule has 0 spiro atoms. The number of fused-ring (bicyclic) bond motifs is 5. The van der Waals surface area contributed by atoms with Gasteiger partial charge in [-0.05, 0) is 117 Å². The van der Waals surface area contributed by atoms with Crippen LogP contribution in [-0.2, 0) is 9.47 Å². The molecule has 0 aromatic heterocycles. The summed E-state index contributed by atoms with van der Waals surface area (Å²) in [5, 5.41) is 76.9. The van der Waals surface area contributed by atoms with Crippen LogP contribution in [0.1, 0.15) is 107 Å². The Hall–Kier alpha value is -0.620. The first-order valence-electron chi connectivity index (χ1n) is 17.4. The first-order valence-corrected chi connectivity index (χ1v) is 17.4. The maximum Gasteiger partial charge on any atom is 0.187 e. The van der Waals surface area contributed by atoms with E-state index in [-0.39, 0.29) is 39.9 Å². The third-order valence-corrected chi connectivity index (χ3v) is 14.5. The zero-order valence-electron chi connectivity index (χ0n) is 28.8. The van der Waals surface area contributed by atoms with Crippen LogP contribution < -0.4 is 0 Å². The first kappa shape index (κ1) is 35.7. The largest absolute Gasteiger partial charge is 0.394 e. The van der Waals surface area contributed by atoms with Crippen LogP contribution >= 0.6 is 0 Å². The maximum absolute atomic E-state index is 12.2. The lowest BCUT2D eigenvalue weighted by Crippen LogP contribution is -2.70. The number of aliphatic hydroxyl groups is 7. The highest BCUT2D eigenvalue weighted by atomic mass is 16.7. The van der Waals surface area contributed by atoms with E-state index in [2.05, 4.69) is 40.7 Å². The molecule has 16 atom stereocenters. The highest BCUT2D eigenvalue weighted by molar-refractivity contribution is 5.21. The van der Waals surface area contributed by atoms with E-state index < -0.39 is 66.6 Å². The van der Waals surface area contributed by atoms with E-state index >= 15 is 0 Å². The van der Waals surface area contributed by atoms with E-state index in [0.29, 0.717) is 32.1 Å². The molecule has 7 N–H and O–H groups in total. The van der Waals surface area contributed by atoms with E-state index in [1.807, 2.05) is 20.8 Å². The molecule has 5 rings (SSSR count). The molecule has 5 aliphatic rings. The van der Waals surface area contributed by atoms with Gasteiger partial charge in [0.2, 0.25) is 0 Å². The molecule has 0 bridgehead atoms. The van der Waals surface area contributed by atoms with Crippen molar-refractivity contribution in [2.75, 3.05) is 6.61 Å². The summed E-state index contributed by atoms with van der Waals surface area (Å²) in [6.45, 7) is 16.7. The Labute approximate surface area is 270 Å². The van der Waals surface area contributed by atoms with Crippen LogP contribution in [0.3, 0.4) is 0 Å². The van der Waals surface area contributed by atoms with Crippen LogP contribution in [0.4, 0.5) is 0 Å². The monoisotopic (exact) mass is 638 g/mol. The van der Waals surface area contributed by atoms with Crippen LogP contribution in [0.25, 0.3) is 0 Å². The van der Waals surface area contributed by atoms with Crippen molar-refractivity contribution in [1.82, 2.24) is 0 Å². The smallest absolute Gasteiger partial charge is 0.187 e. The molecule has 260 valence electrons. The van der Waals surface area contributed by atoms with Gasteiger partial charge in [-0.15, -0.1) is 0 Å². The zero-order chi connectivity index (χ0) is 33.5. The van der Waals surface area contributed by atoms with Crippen LogP contribution in [0.5, 0.6) is 0 Å². The van der Waals surface area contributed by atoms with E-state index in [1.54, 1.807) is 0 Å². The van der Waals surface area contributed by atoms with Gasteiger partial charge in [-0.25, -0.2) is 0 Å². The van der Waals surface area contributed by atoms with Crippen molar-refractivity contribution in [1.29, 1.82) is 0 Å². The predicted octanol–water partition coefficient (Wildman–Crippen LogP) is 3.30. The van der Waals surface area contributed by atoms with E-state index in [0.717, 1.165) is 19.3 Å². The van der Waals surface area contributed by atoms with Crippen molar-refractivity contribution in [2.24, 2.45) is 45.3 Å². The van der Waals surface area contributed by atoms with Gasteiger partial charge >= 0.3 is 0 Å². The molecule has 0 amide bonds. The molecule has 0 aromatic rings. The van der Waals surface area contributed by atoms with Gasteiger partial charge in [-0.1, -0.05) is 46.3 Å². The van der Waals surface area contributed by atoms with Gasteiger partial charge in [0.1, 0.15) is 24.4 Å². The molecule has 1 aliphatic heterocycles. The Kier molecular flexibility index (Phi) is 9.56. The van der Waals surface area contributed by atoms with Gasteiger partial charge in [-0.2, -0.15) is 0 Å². The molecule has 5 fully saturated rings. The van der Waals surface area contributed by atoms with Crippen LogP contribution in [0.15, 0.2) is 11.6 Å². The lowest BCUT2D eigenvalue weighted by molar-refractivity contribution is -0.336. The van der Waals surface area contributed by atoms with Crippen molar-refractivity contribution in [3.63, 3.8) is 0 Å². The number of hydrogen-bond donors (Lipinski definition) is 7. The topological polar surface area (TPSA) is 160 Å². The summed E-state index contributed by atoms with van der Waals surface area (Å²) in [4.78, 5) is 0. The number of hydrogen-bond acceptors (Lipinski definition) is 9. The number of allylic oxidation sites excluding steroid dienone is 2. The SMILES string of the molecule is CC(C)=CCC[C@](C)(O[C@@H]1O[C@H](CO)[C@@H](O)[C@H](O)[C@H]1O)[C@H]1CC[C@]2(C)C1[C@H](O)C[C@@H]1[C@@]3(C)CC[C@H](O)C(C)(C)[C@@H]3[C@@H](O)C[C@]12C. The lowest BCUT2D eigenvalue weighted by atomic mass is 9.34. The molecule has 4 saturated carbocycles. The van der Waals surface area contributed by atoms with Crippen LogP contribution in [0, 0.1) is 45.3 Å². The summed E-state index contributed by atoms with van der Waals surface area (Å²) in [6, 6.07) is 0. The Morgan fingerprint density at radius 3 is 2.18 bits per heavy atom. The Morgan fingerprint density at radius 1 is 0.889 bits per heavy atom. The average Bonchev–Trinajstić information content (AvgIpc) is 3.33. The van der Waals surface area contributed by atoms with Crippen LogP contribution in [0.2, 0.25) is 0 Å². The molecule has 9 nitrogen and oxygen atoms in total. The third kappa shape index (κ3) is 5.39. The minimum Gasteiger partial charge on any atom is -0.394 e. The molecule has 4 aliphatic carbocycles. The average molecular weight is 639 g/mol. The molecule has 1 saturated heterocycles. The lowest BCUT2D eigenvalue weighted by Gasteiger charge is -2.71. The van der Waals surface area contributed by atoms with Crippen molar-refractivity contribution in [3.8, 4) is 0 Å². The van der Waals surface area contributed by atoms with Crippen molar-refractivity contribution in [2.45, 2.75) is 161 Å². The quantitative estimate of drug-likeness (QED) is 0.208. The van der Waals surface area contributed by atoms with Crippen molar-refractivity contribution >= 4 is 0 Å². The first-order chi connectivity index (χ1) is 20.8. The molecule has 0 radical (unpaired) electrons. The second-order valence-electron chi connectivity index (χ2n) is 17.4. The number of ether oxygens (including phenoxy) is 2. The highest BCUT2D eigenvalue weighted by Gasteiger charge is 2.73. The fourth-order valence-corrected chi connectivity index (χ4v) is 12.0. The minimum atomic E-state index is -1.53. The summed E-state index contributed by atoms with van der Waals surface area (Å²) in [7, 11) is 0.